The summed E-state index contributed by atoms with van der Waals surface area (Å²) in [5.41, 5.74) is 0.921. The van der Waals surface area contributed by atoms with Gasteiger partial charge in [0.05, 0.1) is 7.11 Å². The molecule has 1 aromatic heterocycles. The largest absolute Gasteiger partial charge is 0.497 e. The number of hydrogen-bond acceptors (Lipinski definition) is 5. The SMILES string of the molecule is COc1ccc(C(=O)N2CCN(C(=O)c3cc(C)on3)CC2)cc1. The Labute approximate surface area is 139 Å². The van der Waals surface area contributed by atoms with Crippen molar-refractivity contribution in [1.82, 2.24) is 15.0 Å². The van der Waals surface area contributed by atoms with E-state index in [4.69, 9.17) is 9.26 Å². The fourth-order valence-electron chi connectivity index (χ4n) is 2.66. The summed E-state index contributed by atoms with van der Waals surface area (Å²) in [6, 6.07) is 8.64. The number of aryl methyl sites for hydroxylation is 1. The second-order valence-electron chi connectivity index (χ2n) is 5.64. The van der Waals surface area contributed by atoms with Crippen LogP contribution in [0, 0.1) is 6.92 Å². The number of carbonyl (C=O) groups is 2. The van der Waals surface area contributed by atoms with Gasteiger partial charge in [0.25, 0.3) is 11.8 Å². The minimum absolute atomic E-state index is 0.0398. The summed E-state index contributed by atoms with van der Waals surface area (Å²) in [6.45, 7) is 3.69. The molecular formula is C17H19N3O4. The Bertz CT molecular complexity index is 731. The predicted molar refractivity (Wildman–Crippen MR) is 86.0 cm³/mol. The van der Waals surface area contributed by atoms with Gasteiger partial charge in [-0.15, -0.1) is 0 Å². The molecule has 1 saturated heterocycles. The molecule has 7 nitrogen and oxygen atoms in total. The molecule has 24 heavy (non-hydrogen) atoms. The molecule has 126 valence electrons. The number of amides is 2. The van der Waals surface area contributed by atoms with Crippen LogP contribution in [0.4, 0.5) is 0 Å². The highest BCUT2D eigenvalue weighted by atomic mass is 16.5. The maximum absolute atomic E-state index is 12.5. The molecule has 0 radical (unpaired) electrons. The molecule has 0 spiro atoms. The third-order valence-electron chi connectivity index (χ3n) is 4.04. The average molecular weight is 329 g/mol. The van der Waals surface area contributed by atoms with Crippen LogP contribution < -0.4 is 4.74 Å². The van der Waals surface area contributed by atoms with E-state index < -0.39 is 0 Å². The van der Waals surface area contributed by atoms with Crippen LogP contribution in [0.3, 0.4) is 0 Å². The summed E-state index contributed by atoms with van der Waals surface area (Å²) in [5.74, 6) is 1.11. The molecule has 0 unspecified atom stereocenters. The molecule has 1 aliphatic rings. The van der Waals surface area contributed by atoms with Crippen molar-refractivity contribution in [1.29, 1.82) is 0 Å². The molecule has 2 heterocycles. The fraction of sp³-hybridized carbons (Fsp3) is 0.353. The van der Waals surface area contributed by atoms with Crippen LogP contribution in [0.2, 0.25) is 0 Å². The molecule has 3 rings (SSSR count). The summed E-state index contributed by atoms with van der Waals surface area (Å²) < 4.78 is 10.0. The summed E-state index contributed by atoms with van der Waals surface area (Å²) >= 11 is 0. The lowest BCUT2D eigenvalue weighted by atomic mass is 10.1. The summed E-state index contributed by atoms with van der Waals surface area (Å²) in [7, 11) is 1.59. The van der Waals surface area contributed by atoms with Gasteiger partial charge < -0.3 is 19.1 Å². The van der Waals surface area contributed by atoms with E-state index in [-0.39, 0.29) is 11.8 Å². The Hall–Kier alpha value is -2.83. The van der Waals surface area contributed by atoms with Gasteiger partial charge in [0.1, 0.15) is 11.5 Å². The number of hydrogen-bond donors (Lipinski definition) is 0. The van der Waals surface area contributed by atoms with E-state index in [9.17, 15) is 9.59 Å². The van der Waals surface area contributed by atoms with Gasteiger partial charge in [-0.25, -0.2) is 0 Å². The summed E-state index contributed by atoms with van der Waals surface area (Å²) in [6.07, 6.45) is 0. The zero-order valence-electron chi connectivity index (χ0n) is 13.7. The van der Waals surface area contributed by atoms with E-state index in [1.54, 1.807) is 54.2 Å². The van der Waals surface area contributed by atoms with Gasteiger partial charge in [0.15, 0.2) is 5.69 Å². The topological polar surface area (TPSA) is 75.9 Å². The first kappa shape index (κ1) is 16.0. The number of carbonyl (C=O) groups excluding carboxylic acids is 2. The smallest absolute Gasteiger partial charge is 0.276 e. The molecule has 1 aromatic carbocycles. The van der Waals surface area contributed by atoms with Gasteiger partial charge in [0, 0.05) is 37.8 Å². The predicted octanol–water partition coefficient (Wildman–Crippen LogP) is 1.59. The molecule has 2 aromatic rings. The van der Waals surface area contributed by atoms with E-state index in [1.807, 2.05) is 0 Å². The molecule has 0 atom stereocenters. The lowest BCUT2D eigenvalue weighted by Crippen LogP contribution is -2.50. The number of methoxy groups -OCH3 is 1. The minimum Gasteiger partial charge on any atom is -0.497 e. The lowest BCUT2D eigenvalue weighted by molar-refractivity contribution is 0.0530. The van der Waals surface area contributed by atoms with Crippen molar-refractivity contribution in [2.24, 2.45) is 0 Å². The van der Waals surface area contributed by atoms with Crippen molar-refractivity contribution < 1.29 is 18.8 Å². The number of benzene rings is 1. The van der Waals surface area contributed by atoms with Crippen molar-refractivity contribution in [2.45, 2.75) is 6.92 Å². The molecule has 0 aliphatic carbocycles. The molecule has 0 saturated carbocycles. The molecule has 0 N–H and O–H groups in total. The van der Waals surface area contributed by atoms with Crippen LogP contribution in [0.25, 0.3) is 0 Å². The first-order valence-electron chi connectivity index (χ1n) is 7.74. The Kier molecular flexibility index (Phi) is 4.50. The van der Waals surface area contributed by atoms with E-state index in [0.717, 1.165) is 0 Å². The van der Waals surface area contributed by atoms with Crippen molar-refractivity contribution in [3.05, 3.63) is 47.3 Å². The molecule has 0 bridgehead atoms. The van der Waals surface area contributed by atoms with Crippen molar-refractivity contribution >= 4 is 11.8 Å². The van der Waals surface area contributed by atoms with Gasteiger partial charge in [-0.2, -0.15) is 0 Å². The normalized spacial score (nSPS) is 14.6. The Morgan fingerprint density at radius 2 is 1.62 bits per heavy atom. The van der Waals surface area contributed by atoms with Crippen LogP contribution in [-0.2, 0) is 0 Å². The number of nitrogens with zero attached hydrogens (tertiary/aromatic N) is 3. The van der Waals surface area contributed by atoms with Crippen molar-refractivity contribution in [3.8, 4) is 5.75 Å². The molecule has 7 heteroatoms. The quantitative estimate of drug-likeness (QED) is 0.855. The van der Waals surface area contributed by atoms with E-state index in [1.165, 1.54) is 0 Å². The average Bonchev–Trinajstić information content (AvgIpc) is 3.07. The highest BCUT2D eigenvalue weighted by Crippen LogP contribution is 2.15. The fourth-order valence-corrected chi connectivity index (χ4v) is 2.66. The Morgan fingerprint density at radius 1 is 1.04 bits per heavy atom. The number of aromatic nitrogens is 1. The monoisotopic (exact) mass is 329 g/mol. The summed E-state index contributed by atoms with van der Waals surface area (Å²) in [4.78, 5) is 28.3. The zero-order chi connectivity index (χ0) is 17.1. The lowest BCUT2D eigenvalue weighted by Gasteiger charge is -2.34. The maximum atomic E-state index is 12.5. The zero-order valence-corrected chi connectivity index (χ0v) is 13.7. The second kappa shape index (κ2) is 6.74. The number of piperazine rings is 1. The van der Waals surface area contributed by atoms with E-state index in [0.29, 0.717) is 48.9 Å². The van der Waals surface area contributed by atoms with E-state index >= 15 is 0 Å². The highest BCUT2D eigenvalue weighted by Gasteiger charge is 2.26. The molecule has 1 aliphatic heterocycles. The van der Waals surface area contributed by atoms with Crippen LogP contribution in [0.5, 0.6) is 5.75 Å². The Balaban J connectivity index is 1.59. The number of ether oxygens (including phenoxy) is 1. The third kappa shape index (κ3) is 3.24. The first-order chi connectivity index (χ1) is 11.6. The van der Waals surface area contributed by atoms with Crippen LogP contribution in [0.15, 0.2) is 34.9 Å². The Morgan fingerprint density at radius 3 is 2.12 bits per heavy atom. The van der Waals surface area contributed by atoms with Gasteiger partial charge in [-0.3, -0.25) is 9.59 Å². The van der Waals surface area contributed by atoms with Gasteiger partial charge in [0.2, 0.25) is 0 Å². The van der Waals surface area contributed by atoms with Crippen molar-refractivity contribution in [2.75, 3.05) is 33.3 Å². The highest BCUT2D eigenvalue weighted by molar-refractivity contribution is 5.95. The van der Waals surface area contributed by atoms with Gasteiger partial charge in [-0.05, 0) is 31.2 Å². The van der Waals surface area contributed by atoms with Crippen molar-refractivity contribution in [3.63, 3.8) is 0 Å². The van der Waals surface area contributed by atoms with Gasteiger partial charge >= 0.3 is 0 Å². The van der Waals surface area contributed by atoms with E-state index in [2.05, 4.69) is 5.16 Å². The van der Waals surface area contributed by atoms with Crippen LogP contribution in [0.1, 0.15) is 26.6 Å². The third-order valence-corrected chi connectivity index (χ3v) is 4.04. The molecule has 1 fully saturated rings. The molecule has 2 amide bonds. The van der Waals surface area contributed by atoms with Crippen LogP contribution >= 0.6 is 0 Å². The van der Waals surface area contributed by atoms with Gasteiger partial charge in [-0.1, -0.05) is 5.16 Å². The second-order valence-corrected chi connectivity index (χ2v) is 5.64. The van der Waals surface area contributed by atoms with Crippen LogP contribution in [-0.4, -0.2) is 60.1 Å². The first-order valence-corrected chi connectivity index (χ1v) is 7.74. The standard InChI is InChI=1S/C17H19N3O4/c1-12-11-15(18-24-12)17(22)20-9-7-19(8-10-20)16(21)13-3-5-14(23-2)6-4-13/h3-6,11H,7-10H2,1-2H3. The molecular weight excluding hydrogens is 310 g/mol. The summed E-state index contributed by atoms with van der Waals surface area (Å²) in [5, 5.41) is 3.75. The maximum Gasteiger partial charge on any atom is 0.276 e. The minimum atomic E-state index is -0.164. The number of rotatable bonds is 3.